The average Bonchev–Trinajstić information content (AvgIpc) is 3.23. The molecule has 180 valence electrons. The number of quaternary nitrogens is 1. The van der Waals surface area contributed by atoms with Crippen molar-refractivity contribution in [2.45, 2.75) is 40.2 Å². The van der Waals surface area contributed by atoms with E-state index in [1.807, 2.05) is 26.8 Å². The quantitative estimate of drug-likeness (QED) is 0.453. The first-order valence-corrected chi connectivity index (χ1v) is 11.0. The lowest BCUT2D eigenvalue weighted by Crippen LogP contribution is -2.99. The van der Waals surface area contributed by atoms with Crippen molar-refractivity contribution in [1.82, 2.24) is 0 Å². The van der Waals surface area contributed by atoms with Gasteiger partial charge in [-0.1, -0.05) is 41.0 Å². The molecule has 0 spiro atoms. The second-order valence-corrected chi connectivity index (χ2v) is 8.52. The third kappa shape index (κ3) is 6.65. The van der Waals surface area contributed by atoms with Crippen LogP contribution in [-0.2, 0) is 4.74 Å². The van der Waals surface area contributed by atoms with E-state index in [1.165, 1.54) is 13.2 Å². The Morgan fingerprint density at radius 2 is 1.82 bits per heavy atom. The van der Waals surface area contributed by atoms with Gasteiger partial charge in [-0.15, -0.1) is 0 Å². The highest BCUT2D eigenvalue weighted by Gasteiger charge is 2.27. The molecular formula is C27H31NO6. The van der Waals surface area contributed by atoms with Gasteiger partial charge in [0.15, 0.2) is 11.1 Å². The molecule has 2 heterocycles. The molecule has 7 heteroatoms. The normalized spacial score (nSPS) is 19.6. The summed E-state index contributed by atoms with van der Waals surface area (Å²) in [6, 6.07) is 8.13. The van der Waals surface area contributed by atoms with E-state index in [4.69, 9.17) is 19.1 Å². The van der Waals surface area contributed by atoms with E-state index in [9.17, 15) is 10.0 Å². The lowest BCUT2D eigenvalue weighted by atomic mass is 10.0. The Morgan fingerprint density at radius 3 is 2.47 bits per heavy atom. The van der Waals surface area contributed by atoms with Crippen LogP contribution in [0.25, 0.3) is 6.08 Å². The molecule has 2 atom stereocenters. The zero-order valence-electron chi connectivity index (χ0n) is 20.2. The number of methoxy groups -OCH3 is 1. The van der Waals surface area contributed by atoms with Gasteiger partial charge in [-0.05, 0) is 51.0 Å². The maximum absolute atomic E-state index is 12.1. The summed E-state index contributed by atoms with van der Waals surface area (Å²) in [5.74, 6) is 0.701. The smallest absolute Gasteiger partial charge is 0.288 e. The summed E-state index contributed by atoms with van der Waals surface area (Å²) in [4.78, 5) is 12.1. The van der Waals surface area contributed by atoms with Crippen LogP contribution in [0, 0.1) is 12.1 Å². The summed E-state index contributed by atoms with van der Waals surface area (Å²) in [5.41, 5.74) is 6.01. The van der Waals surface area contributed by atoms with Crippen molar-refractivity contribution >= 4 is 11.8 Å². The van der Waals surface area contributed by atoms with Crippen molar-refractivity contribution in [2.75, 3.05) is 13.7 Å². The molecule has 1 fully saturated rings. The van der Waals surface area contributed by atoms with Gasteiger partial charge < -0.3 is 19.1 Å². The molecule has 0 aliphatic carbocycles. The van der Waals surface area contributed by atoms with Gasteiger partial charge in [0.1, 0.15) is 11.9 Å². The molecule has 1 aromatic carbocycles. The first kappa shape index (κ1) is 25.4. The Bertz CT molecular complexity index is 1200. The Morgan fingerprint density at radius 1 is 1.15 bits per heavy atom. The lowest BCUT2D eigenvalue weighted by molar-refractivity contribution is -0.991. The number of ether oxygens (including phenoxy) is 2. The van der Waals surface area contributed by atoms with Crippen LogP contribution in [0.4, 0.5) is 5.69 Å². The second kappa shape index (κ2) is 11.3. The van der Waals surface area contributed by atoms with Crippen molar-refractivity contribution in [3.8, 4) is 5.95 Å². The van der Waals surface area contributed by atoms with Gasteiger partial charge in [0.2, 0.25) is 0 Å². The third-order valence-corrected chi connectivity index (χ3v) is 5.50. The zero-order valence-corrected chi connectivity index (χ0v) is 20.2. The van der Waals surface area contributed by atoms with Gasteiger partial charge >= 0.3 is 0 Å². The maximum atomic E-state index is 12.1. The molecule has 0 radical (unpaired) electrons. The highest BCUT2D eigenvalue weighted by atomic mass is 16.8. The molecule has 1 unspecified atom stereocenters. The molecule has 3 rings (SSSR count). The van der Waals surface area contributed by atoms with Crippen LogP contribution in [0.1, 0.15) is 50.2 Å². The standard InChI is InChI=1S/C27H31NO6/c1-17(10-18(2)12-21-6-8-23(9-7-21)28(30)31)11-19(3)13-22-14-25(33-16-22)27-20(4)24(29)15-26(32-5)34-27/h6-13,15,25,28,30H,14,16H2,1-5H3/b17-10+,18-12+,19-11+,22-13-/t25-/m1/s1. The van der Waals surface area contributed by atoms with Gasteiger partial charge in [0.05, 0.1) is 19.8 Å². The van der Waals surface area contributed by atoms with Crippen LogP contribution in [0.3, 0.4) is 0 Å². The number of rotatable bonds is 7. The number of hydrogen-bond donors (Lipinski definition) is 2. The first-order chi connectivity index (χ1) is 16.2. The van der Waals surface area contributed by atoms with Gasteiger partial charge in [-0.25, -0.2) is 5.21 Å². The van der Waals surface area contributed by atoms with Crippen molar-refractivity contribution in [2.24, 2.45) is 0 Å². The summed E-state index contributed by atoms with van der Waals surface area (Å²) in [5, 5.41) is 19.1. The van der Waals surface area contributed by atoms with Crippen LogP contribution >= 0.6 is 0 Å². The Labute approximate surface area is 199 Å². The van der Waals surface area contributed by atoms with Gasteiger partial charge in [-0.2, -0.15) is 5.23 Å². The van der Waals surface area contributed by atoms with E-state index in [1.54, 1.807) is 31.2 Å². The van der Waals surface area contributed by atoms with E-state index in [0.717, 1.165) is 27.9 Å². The fraction of sp³-hybridized carbons (Fsp3) is 0.296. The molecule has 2 N–H and O–H groups in total. The van der Waals surface area contributed by atoms with Crippen LogP contribution < -0.4 is 15.4 Å². The first-order valence-electron chi connectivity index (χ1n) is 11.0. The average molecular weight is 466 g/mol. The summed E-state index contributed by atoms with van der Waals surface area (Å²) in [6.07, 6.45) is 8.63. The number of nitrogens with one attached hydrogen (secondary N) is 1. The summed E-state index contributed by atoms with van der Waals surface area (Å²) >= 11 is 0. The van der Waals surface area contributed by atoms with Crippen LogP contribution in [0.2, 0.25) is 0 Å². The molecular weight excluding hydrogens is 434 g/mol. The topological polar surface area (TPSA) is 96.4 Å². The molecule has 1 aliphatic heterocycles. The zero-order chi connectivity index (χ0) is 24.8. The Hall–Kier alpha value is -3.23. The van der Waals surface area contributed by atoms with Crippen molar-refractivity contribution < 1.29 is 24.3 Å². The fourth-order valence-electron chi connectivity index (χ4n) is 3.94. The minimum atomic E-state index is -0.931. The number of hydrogen-bond acceptors (Lipinski definition) is 6. The molecule has 0 saturated carbocycles. The fourth-order valence-corrected chi connectivity index (χ4v) is 3.94. The predicted octanol–water partition coefficient (Wildman–Crippen LogP) is 4.74. The highest BCUT2D eigenvalue weighted by molar-refractivity contribution is 5.57. The second-order valence-electron chi connectivity index (χ2n) is 8.52. The predicted molar refractivity (Wildman–Crippen MR) is 131 cm³/mol. The third-order valence-electron chi connectivity index (χ3n) is 5.50. The highest BCUT2D eigenvalue weighted by Crippen LogP contribution is 2.35. The SMILES string of the molecule is COc1cc(=O)c(C)c([C@H]2C/C(=C/C(C)=C/C(C)=C/C(C)=C/c3ccc([NH+]([O-])O)cc3)CO2)o1. The van der Waals surface area contributed by atoms with Crippen LogP contribution in [-0.4, -0.2) is 18.9 Å². The van der Waals surface area contributed by atoms with Gasteiger partial charge in [0, 0.05) is 24.1 Å². The van der Waals surface area contributed by atoms with E-state index < -0.39 is 5.23 Å². The van der Waals surface area contributed by atoms with E-state index in [2.05, 4.69) is 18.2 Å². The minimum Gasteiger partial charge on any atom is -0.595 e. The molecule has 1 saturated heterocycles. The lowest BCUT2D eigenvalue weighted by Gasteiger charge is -2.11. The van der Waals surface area contributed by atoms with E-state index >= 15 is 0 Å². The van der Waals surface area contributed by atoms with Crippen molar-refractivity contribution in [3.05, 3.63) is 103 Å². The minimum absolute atomic E-state index is 0.128. The maximum Gasteiger partial charge on any atom is 0.288 e. The molecule has 2 aromatic rings. The summed E-state index contributed by atoms with van der Waals surface area (Å²) < 4.78 is 16.7. The molecule has 7 nitrogen and oxygen atoms in total. The largest absolute Gasteiger partial charge is 0.595 e. The summed E-state index contributed by atoms with van der Waals surface area (Å²) in [6.45, 7) is 8.30. The van der Waals surface area contributed by atoms with Crippen molar-refractivity contribution in [3.63, 3.8) is 0 Å². The van der Waals surface area contributed by atoms with Crippen LogP contribution in [0.15, 0.2) is 80.1 Å². The molecule has 1 aliphatic rings. The van der Waals surface area contributed by atoms with Gasteiger partial charge in [0.25, 0.3) is 5.95 Å². The van der Waals surface area contributed by atoms with Gasteiger partial charge in [-0.3, -0.25) is 4.79 Å². The van der Waals surface area contributed by atoms with E-state index in [-0.39, 0.29) is 23.2 Å². The Kier molecular flexibility index (Phi) is 8.41. The summed E-state index contributed by atoms with van der Waals surface area (Å²) in [7, 11) is 1.47. The molecule has 1 aromatic heterocycles. The Balaban J connectivity index is 1.69. The van der Waals surface area contributed by atoms with Crippen molar-refractivity contribution in [1.29, 1.82) is 0 Å². The van der Waals surface area contributed by atoms with Crippen LogP contribution in [0.5, 0.6) is 5.95 Å². The number of allylic oxidation sites excluding steroid dienone is 6. The monoisotopic (exact) mass is 465 g/mol. The van der Waals surface area contributed by atoms with E-state index in [0.29, 0.717) is 24.4 Å². The molecule has 0 bridgehead atoms. The molecule has 34 heavy (non-hydrogen) atoms. The molecule has 0 amide bonds. The number of benzene rings is 1.